The highest BCUT2D eigenvalue weighted by Gasteiger charge is 2.24. The molecule has 2 aromatic carbocycles. The van der Waals surface area contributed by atoms with Crippen molar-refractivity contribution < 1.29 is 9.59 Å². The highest BCUT2D eigenvalue weighted by Crippen LogP contribution is 2.29. The van der Waals surface area contributed by atoms with Crippen molar-refractivity contribution in [3.63, 3.8) is 0 Å². The van der Waals surface area contributed by atoms with Gasteiger partial charge in [-0.2, -0.15) is 0 Å². The van der Waals surface area contributed by atoms with Crippen LogP contribution in [0.3, 0.4) is 0 Å². The van der Waals surface area contributed by atoms with Crippen molar-refractivity contribution in [1.29, 1.82) is 0 Å². The second-order valence-corrected chi connectivity index (χ2v) is 7.50. The summed E-state index contributed by atoms with van der Waals surface area (Å²) in [4.78, 5) is 31.2. The highest BCUT2D eigenvalue weighted by molar-refractivity contribution is 5.95. The number of fused-ring (bicyclic) bond motifs is 1. The highest BCUT2D eigenvalue weighted by atomic mass is 16.1. The van der Waals surface area contributed by atoms with Crippen LogP contribution in [0.5, 0.6) is 0 Å². The van der Waals surface area contributed by atoms with Crippen molar-refractivity contribution >= 4 is 28.9 Å². The van der Waals surface area contributed by atoms with Crippen molar-refractivity contribution in [2.24, 2.45) is 11.8 Å². The number of nitrogens with one attached hydrogen (secondary N) is 2. The first-order valence-electron chi connectivity index (χ1n) is 9.48. The first-order chi connectivity index (χ1) is 13.1. The molecule has 1 aliphatic carbocycles. The zero-order valence-electron chi connectivity index (χ0n) is 15.4. The standard InChI is InChI=1S/C22H23N3O2/c1-14-2-6-17(7-3-14)22(27)23-18-10-11-19-20(12-18)25-21(24-19)16-8-4-15(13-26)5-9-16/h4-5,8-14,17H,2-3,6-7H2,1H3,(H,23,27)(H,24,25). The van der Waals surface area contributed by atoms with Gasteiger partial charge in [0, 0.05) is 22.7 Å². The normalized spacial score (nSPS) is 19.7. The molecule has 1 amide bonds. The Morgan fingerprint density at radius 3 is 2.56 bits per heavy atom. The van der Waals surface area contributed by atoms with E-state index >= 15 is 0 Å². The van der Waals surface area contributed by atoms with Crippen molar-refractivity contribution in [3.05, 3.63) is 48.0 Å². The van der Waals surface area contributed by atoms with Crippen LogP contribution >= 0.6 is 0 Å². The molecule has 5 heteroatoms. The van der Waals surface area contributed by atoms with Crippen LogP contribution in [0.4, 0.5) is 5.69 Å². The Morgan fingerprint density at radius 2 is 1.85 bits per heavy atom. The third-order valence-electron chi connectivity index (χ3n) is 5.46. The summed E-state index contributed by atoms with van der Waals surface area (Å²) in [5.41, 5.74) is 4.06. The van der Waals surface area contributed by atoms with Gasteiger partial charge in [0.1, 0.15) is 12.1 Å². The molecule has 1 heterocycles. The molecule has 1 aromatic heterocycles. The van der Waals surface area contributed by atoms with Crippen LogP contribution in [0.15, 0.2) is 42.5 Å². The number of carbonyl (C=O) groups excluding carboxylic acids is 2. The van der Waals surface area contributed by atoms with Gasteiger partial charge in [-0.05, 0) is 49.8 Å². The number of benzene rings is 2. The van der Waals surface area contributed by atoms with E-state index in [9.17, 15) is 9.59 Å². The minimum Gasteiger partial charge on any atom is -0.338 e. The van der Waals surface area contributed by atoms with E-state index in [0.717, 1.165) is 66.0 Å². The maximum Gasteiger partial charge on any atom is 0.227 e. The number of carbonyl (C=O) groups is 2. The number of hydrogen-bond donors (Lipinski definition) is 2. The van der Waals surface area contributed by atoms with Gasteiger partial charge in [-0.15, -0.1) is 0 Å². The van der Waals surface area contributed by atoms with Crippen LogP contribution in [0, 0.1) is 11.8 Å². The van der Waals surface area contributed by atoms with Gasteiger partial charge in [0.15, 0.2) is 0 Å². The Bertz CT molecular complexity index is 967. The number of anilines is 1. The summed E-state index contributed by atoms with van der Waals surface area (Å²) in [6.07, 6.45) is 5.03. The average Bonchev–Trinajstić information content (AvgIpc) is 3.12. The molecule has 0 saturated heterocycles. The predicted octanol–water partition coefficient (Wildman–Crippen LogP) is 4.81. The molecular formula is C22H23N3O2. The summed E-state index contributed by atoms with van der Waals surface area (Å²) in [6, 6.07) is 13.0. The number of aromatic nitrogens is 2. The number of nitrogens with zero attached hydrogens (tertiary/aromatic N) is 1. The maximum atomic E-state index is 12.5. The second-order valence-electron chi connectivity index (χ2n) is 7.50. The van der Waals surface area contributed by atoms with Gasteiger partial charge in [0.05, 0.1) is 11.0 Å². The van der Waals surface area contributed by atoms with Gasteiger partial charge in [0.25, 0.3) is 0 Å². The summed E-state index contributed by atoms with van der Waals surface area (Å²) in [5.74, 6) is 1.71. The van der Waals surface area contributed by atoms with E-state index in [1.807, 2.05) is 30.3 Å². The Morgan fingerprint density at radius 1 is 1.11 bits per heavy atom. The first-order valence-corrected chi connectivity index (χ1v) is 9.48. The summed E-state index contributed by atoms with van der Waals surface area (Å²) in [6.45, 7) is 2.25. The van der Waals surface area contributed by atoms with Crippen molar-refractivity contribution in [2.45, 2.75) is 32.6 Å². The van der Waals surface area contributed by atoms with Crippen molar-refractivity contribution in [1.82, 2.24) is 9.97 Å². The summed E-state index contributed by atoms with van der Waals surface area (Å²) >= 11 is 0. The van der Waals surface area contributed by atoms with Gasteiger partial charge in [0.2, 0.25) is 5.91 Å². The van der Waals surface area contributed by atoms with Gasteiger partial charge in [-0.1, -0.05) is 31.2 Å². The van der Waals surface area contributed by atoms with Crippen LogP contribution in [0.25, 0.3) is 22.4 Å². The lowest BCUT2D eigenvalue weighted by Crippen LogP contribution is -2.26. The number of rotatable bonds is 4. The number of hydrogen-bond acceptors (Lipinski definition) is 3. The number of aromatic amines is 1. The van der Waals surface area contributed by atoms with E-state index in [1.54, 1.807) is 12.1 Å². The molecule has 3 aromatic rings. The fourth-order valence-electron chi connectivity index (χ4n) is 3.71. The molecule has 1 aliphatic rings. The zero-order chi connectivity index (χ0) is 18.8. The topological polar surface area (TPSA) is 74.8 Å². The molecule has 5 nitrogen and oxygen atoms in total. The Labute approximate surface area is 158 Å². The minimum atomic E-state index is 0.116. The monoisotopic (exact) mass is 361 g/mol. The molecule has 0 bridgehead atoms. The molecule has 2 N–H and O–H groups in total. The SMILES string of the molecule is CC1CCC(C(=O)Nc2ccc3nc(-c4ccc(C=O)cc4)[nH]c3c2)CC1. The number of amides is 1. The Hall–Kier alpha value is -2.95. The van der Waals surface area contributed by atoms with Gasteiger partial charge < -0.3 is 10.3 Å². The van der Waals surface area contributed by atoms with Crippen LogP contribution in [-0.2, 0) is 4.79 Å². The molecule has 1 fully saturated rings. The molecule has 0 aliphatic heterocycles. The predicted molar refractivity (Wildman–Crippen MR) is 107 cm³/mol. The van der Waals surface area contributed by atoms with E-state index in [2.05, 4.69) is 22.2 Å². The van der Waals surface area contributed by atoms with E-state index < -0.39 is 0 Å². The van der Waals surface area contributed by atoms with E-state index in [0.29, 0.717) is 5.56 Å². The third kappa shape index (κ3) is 3.77. The molecule has 138 valence electrons. The molecule has 27 heavy (non-hydrogen) atoms. The van der Waals surface area contributed by atoms with E-state index in [1.165, 1.54) is 0 Å². The lowest BCUT2D eigenvalue weighted by molar-refractivity contribution is -0.121. The largest absolute Gasteiger partial charge is 0.338 e. The number of imidazole rings is 1. The second kappa shape index (κ2) is 7.35. The van der Waals surface area contributed by atoms with Crippen LogP contribution in [0.2, 0.25) is 0 Å². The minimum absolute atomic E-state index is 0.116. The van der Waals surface area contributed by atoms with Crippen molar-refractivity contribution in [3.8, 4) is 11.4 Å². The number of aldehydes is 1. The molecule has 0 radical (unpaired) electrons. The van der Waals surface area contributed by atoms with E-state index in [-0.39, 0.29) is 11.8 Å². The Balaban J connectivity index is 1.52. The fraction of sp³-hybridized carbons (Fsp3) is 0.318. The van der Waals surface area contributed by atoms with E-state index in [4.69, 9.17) is 0 Å². The number of H-pyrrole nitrogens is 1. The van der Waals surface area contributed by atoms with Crippen LogP contribution < -0.4 is 5.32 Å². The van der Waals surface area contributed by atoms with Crippen molar-refractivity contribution in [2.75, 3.05) is 5.32 Å². The lowest BCUT2D eigenvalue weighted by Gasteiger charge is -2.25. The smallest absolute Gasteiger partial charge is 0.227 e. The lowest BCUT2D eigenvalue weighted by atomic mass is 9.82. The van der Waals surface area contributed by atoms with Crippen LogP contribution in [0.1, 0.15) is 43.0 Å². The zero-order valence-corrected chi connectivity index (χ0v) is 15.4. The van der Waals surface area contributed by atoms with Crippen LogP contribution in [-0.4, -0.2) is 22.2 Å². The fourth-order valence-corrected chi connectivity index (χ4v) is 3.71. The maximum absolute atomic E-state index is 12.5. The molecule has 0 spiro atoms. The molecule has 0 atom stereocenters. The molecule has 1 saturated carbocycles. The van der Waals surface area contributed by atoms with Gasteiger partial charge >= 0.3 is 0 Å². The average molecular weight is 361 g/mol. The molecule has 4 rings (SSSR count). The summed E-state index contributed by atoms with van der Waals surface area (Å²) < 4.78 is 0. The molecular weight excluding hydrogens is 338 g/mol. The molecule has 0 unspecified atom stereocenters. The first kappa shape index (κ1) is 17.5. The Kier molecular flexibility index (Phi) is 4.75. The third-order valence-corrected chi connectivity index (χ3v) is 5.46. The summed E-state index contributed by atoms with van der Waals surface area (Å²) in [7, 11) is 0. The van der Waals surface area contributed by atoms with Gasteiger partial charge in [-0.3, -0.25) is 9.59 Å². The quantitative estimate of drug-likeness (QED) is 0.655. The van der Waals surface area contributed by atoms with Gasteiger partial charge in [-0.25, -0.2) is 4.98 Å². The summed E-state index contributed by atoms with van der Waals surface area (Å²) in [5, 5.41) is 3.06.